The minimum absolute atomic E-state index is 0.0889. The van der Waals surface area contributed by atoms with Gasteiger partial charge in [-0.05, 0) is 16.5 Å². The van der Waals surface area contributed by atoms with E-state index in [0.717, 1.165) is 6.54 Å². The number of rotatable bonds is 5. The van der Waals surface area contributed by atoms with Crippen molar-refractivity contribution < 1.29 is 5.11 Å². The molecular weight excluding hydrogens is 222 g/mol. The van der Waals surface area contributed by atoms with E-state index in [4.69, 9.17) is 5.11 Å². The maximum atomic E-state index is 8.80. The number of benzene rings is 1. The predicted molar refractivity (Wildman–Crippen MR) is 78.1 cm³/mol. The molecule has 0 radical (unpaired) electrons. The summed E-state index contributed by atoms with van der Waals surface area (Å²) in [5.74, 6) is 0. The fourth-order valence-electron chi connectivity index (χ4n) is 2.00. The average molecular weight is 249 g/mol. The first kappa shape index (κ1) is 15.2. The molecule has 0 aliphatic heterocycles. The van der Waals surface area contributed by atoms with Gasteiger partial charge < -0.3 is 10.4 Å². The molecule has 0 unspecified atom stereocenters. The molecule has 0 saturated carbocycles. The van der Waals surface area contributed by atoms with Crippen molar-refractivity contribution in [3.63, 3.8) is 0 Å². The lowest BCUT2D eigenvalue weighted by atomic mass is 9.81. The summed E-state index contributed by atoms with van der Waals surface area (Å²) in [4.78, 5) is 0. The van der Waals surface area contributed by atoms with E-state index in [1.807, 2.05) is 0 Å². The topological polar surface area (TPSA) is 32.3 Å². The molecule has 1 aromatic rings. The summed E-state index contributed by atoms with van der Waals surface area (Å²) in [5.41, 5.74) is 3.00. The van der Waals surface area contributed by atoms with E-state index in [2.05, 4.69) is 64.2 Å². The molecule has 0 bridgehead atoms. The maximum Gasteiger partial charge on any atom is 0.0555 e. The fraction of sp³-hybridized carbons (Fsp3) is 0.625. The lowest BCUT2D eigenvalue weighted by Crippen LogP contribution is -2.34. The van der Waals surface area contributed by atoms with Crippen molar-refractivity contribution in [1.82, 2.24) is 5.32 Å². The number of aliphatic hydroxyl groups is 1. The molecule has 102 valence electrons. The Kier molecular flexibility index (Phi) is 4.94. The monoisotopic (exact) mass is 249 g/mol. The minimum Gasteiger partial charge on any atom is -0.395 e. The summed E-state index contributed by atoms with van der Waals surface area (Å²) in [7, 11) is 0. The third kappa shape index (κ3) is 4.11. The van der Waals surface area contributed by atoms with Gasteiger partial charge in [-0.3, -0.25) is 0 Å². The molecule has 0 atom stereocenters. The number of hydrogen-bond acceptors (Lipinski definition) is 2. The van der Waals surface area contributed by atoms with Crippen molar-refractivity contribution in [3.8, 4) is 0 Å². The van der Waals surface area contributed by atoms with Gasteiger partial charge in [0.15, 0.2) is 0 Å². The molecule has 2 N–H and O–H groups in total. The van der Waals surface area contributed by atoms with Crippen molar-refractivity contribution in [1.29, 1.82) is 0 Å². The van der Waals surface area contributed by atoms with Gasteiger partial charge in [0, 0.05) is 18.5 Å². The lowest BCUT2D eigenvalue weighted by Gasteiger charge is -2.27. The van der Waals surface area contributed by atoms with Gasteiger partial charge in [0.1, 0.15) is 0 Å². The Hall–Kier alpha value is -0.860. The van der Waals surface area contributed by atoms with Gasteiger partial charge in [0.2, 0.25) is 0 Å². The van der Waals surface area contributed by atoms with Crippen LogP contribution in [0.1, 0.15) is 45.7 Å². The first-order valence-corrected chi connectivity index (χ1v) is 6.70. The highest BCUT2D eigenvalue weighted by molar-refractivity contribution is 5.31. The Labute approximate surface area is 111 Å². The third-order valence-corrected chi connectivity index (χ3v) is 3.39. The fourth-order valence-corrected chi connectivity index (χ4v) is 2.00. The largest absolute Gasteiger partial charge is 0.395 e. The van der Waals surface area contributed by atoms with Gasteiger partial charge in [-0.1, -0.05) is 58.9 Å². The van der Waals surface area contributed by atoms with Crippen LogP contribution < -0.4 is 5.32 Å². The van der Waals surface area contributed by atoms with Crippen LogP contribution in [0.3, 0.4) is 0 Å². The van der Waals surface area contributed by atoms with Gasteiger partial charge in [-0.2, -0.15) is 0 Å². The molecule has 2 nitrogen and oxygen atoms in total. The van der Waals surface area contributed by atoms with Crippen LogP contribution in [0, 0.1) is 0 Å². The van der Waals surface area contributed by atoms with Crippen LogP contribution in [0.4, 0.5) is 0 Å². The molecule has 0 fully saturated rings. The summed E-state index contributed by atoms with van der Waals surface area (Å²) in [6, 6.07) is 8.90. The van der Waals surface area contributed by atoms with Gasteiger partial charge in [-0.25, -0.2) is 0 Å². The Morgan fingerprint density at radius 1 is 0.944 bits per heavy atom. The van der Waals surface area contributed by atoms with Crippen molar-refractivity contribution in [2.45, 2.75) is 45.4 Å². The summed E-state index contributed by atoms with van der Waals surface area (Å²) in [6.07, 6.45) is 0. The van der Waals surface area contributed by atoms with Crippen LogP contribution in [0.25, 0.3) is 0 Å². The first-order chi connectivity index (χ1) is 8.27. The van der Waals surface area contributed by atoms with Crippen molar-refractivity contribution in [2.75, 3.05) is 19.7 Å². The van der Waals surface area contributed by atoms with Gasteiger partial charge in [-0.15, -0.1) is 0 Å². The highest BCUT2D eigenvalue weighted by atomic mass is 16.3. The van der Waals surface area contributed by atoms with Crippen LogP contribution in [0.5, 0.6) is 0 Å². The second-order valence-electron chi connectivity index (χ2n) is 6.61. The molecular formula is C16H27NO. The van der Waals surface area contributed by atoms with E-state index < -0.39 is 0 Å². The first-order valence-electron chi connectivity index (χ1n) is 6.70. The molecule has 2 heteroatoms. The SMILES string of the molecule is CC(C)(C)c1ccc(C(C)(C)CNCCO)cc1. The summed E-state index contributed by atoms with van der Waals surface area (Å²) < 4.78 is 0. The van der Waals surface area contributed by atoms with E-state index in [1.54, 1.807) is 0 Å². The van der Waals surface area contributed by atoms with Crippen molar-refractivity contribution >= 4 is 0 Å². The normalized spacial score (nSPS) is 12.8. The zero-order valence-electron chi connectivity index (χ0n) is 12.4. The van der Waals surface area contributed by atoms with E-state index >= 15 is 0 Å². The molecule has 0 spiro atoms. The average Bonchev–Trinajstić information content (AvgIpc) is 2.28. The number of aliphatic hydroxyl groups excluding tert-OH is 1. The molecule has 18 heavy (non-hydrogen) atoms. The highest BCUT2D eigenvalue weighted by Crippen LogP contribution is 2.27. The summed E-state index contributed by atoms with van der Waals surface area (Å²) in [6.45, 7) is 12.9. The molecule has 0 saturated heterocycles. The zero-order chi connectivity index (χ0) is 13.8. The van der Waals surface area contributed by atoms with E-state index in [-0.39, 0.29) is 17.4 Å². The quantitative estimate of drug-likeness (QED) is 0.787. The van der Waals surface area contributed by atoms with E-state index in [0.29, 0.717) is 6.54 Å². The van der Waals surface area contributed by atoms with Crippen molar-refractivity contribution in [3.05, 3.63) is 35.4 Å². The molecule has 0 amide bonds. The second-order valence-corrected chi connectivity index (χ2v) is 6.61. The summed E-state index contributed by atoms with van der Waals surface area (Å²) >= 11 is 0. The van der Waals surface area contributed by atoms with Crippen LogP contribution >= 0.6 is 0 Å². The Balaban J connectivity index is 2.77. The lowest BCUT2D eigenvalue weighted by molar-refractivity contribution is 0.286. The van der Waals surface area contributed by atoms with Crippen LogP contribution in [-0.2, 0) is 10.8 Å². The van der Waals surface area contributed by atoms with Gasteiger partial charge in [0.25, 0.3) is 0 Å². The maximum absolute atomic E-state index is 8.80. The zero-order valence-corrected chi connectivity index (χ0v) is 12.4. The predicted octanol–water partition coefficient (Wildman–Crippen LogP) is 2.84. The molecule has 0 aromatic heterocycles. The third-order valence-electron chi connectivity index (χ3n) is 3.39. The van der Waals surface area contributed by atoms with Gasteiger partial charge in [0.05, 0.1) is 6.61 Å². The Morgan fingerprint density at radius 2 is 1.44 bits per heavy atom. The molecule has 1 rings (SSSR count). The Morgan fingerprint density at radius 3 is 1.89 bits per heavy atom. The minimum atomic E-state index is 0.0889. The smallest absolute Gasteiger partial charge is 0.0555 e. The standard InChI is InChI=1S/C16H27NO/c1-15(2,3)13-6-8-14(9-7-13)16(4,5)12-17-10-11-18/h6-9,17-18H,10-12H2,1-5H3. The second kappa shape index (κ2) is 5.85. The van der Waals surface area contributed by atoms with E-state index in [1.165, 1.54) is 11.1 Å². The van der Waals surface area contributed by atoms with Crippen molar-refractivity contribution in [2.24, 2.45) is 0 Å². The number of hydrogen-bond donors (Lipinski definition) is 2. The van der Waals surface area contributed by atoms with Crippen LogP contribution in [-0.4, -0.2) is 24.8 Å². The van der Waals surface area contributed by atoms with Crippen LogP contribution in [0.15, 0.2) is 24.3 Å². The van der Waals surface area contributed by atoms with E-state index in [9.17, 15) is 0 Å². The molecule has 0 aliphatic rings. The molecule has 1 aromatic carbocycles. The Bertz CT molecular complexity index is 360. The summed E-state index contributed by atoms with van der Waals surface area (Å²) in [5, 5.41) is 12.1. The van der Waals surface area contributed by atoms with Gasteiger partial charge >= 0.3 is 0 Å². The number of nitrogens with one attached hydrogen (secondary N) is 1. The molecule has 0 aliphatic carbocycles. The highest BCUT2D eigenvalue weighted by Gasteiger charge is 2.21. The van der Waals surface area contributed by atoms with Crippen LogP contribution in [0.2, 0.25) is 0 Å². The molecule has 0 heterocycles.